The zero-order valence-electron chi connectivity index (χ0n) is 20.6. The number of ether oxygens (including phenoxy) is 1. The van der Waals surface area contributed by atoms with Gasteiger partial charge in [0.25, 0.3) is 16.0 Å². The highest BCUT2D eigenvalue weighted by Gasteiger charge is 2.43. The molecule has 0 aliphatic carbocycles. The second kappa shape index (κ2) is 9.86. The summed E-state index contributed by atoms with van der Waals surface area (Å²) in [5, 5.41) is 9.40. The first kappa shape index (κ1) is 26.4. The van der Waals surface area contributed by atoms with Crippen molar-refractivity contribution in [2.75, 3.05) is 43.9 Å². The van der Waals surface area contributed by atoms with Gasteiger partial charge in [-0.15, -0.1) is 0 Å². The molecule has 0 radical (unpaired) electrons. The van der Waals surface area contributed by atoms with E-state index in [9.17, 15) is 27.5 Å². The number of amides is 2. The molecule has 14 heteroatoms. The highest BCUT2D eigenvalue weighted by Crippen LogP contribution is 2.45. The van der Waals surface area contributed by atoms with Gasteiger partial charge in [-0.25, -0.2) is 14.2 Å². The van der Waals surface area contributed by atoms with Crippen molar-refractivity contribution in [1.29, 1.82) is 0 Å². The van der Waals surface area contributed by atoms with Crippen molar-refractivity contribution in [2.45, 2.75) is 31.5 Å². The molecule has 1 aromatic heterocycles. The third kappa shape index (κ3) is 4.85. The van der Waals surface area contributed by atoms with Gasteiger partial charge in [0.15, 0.2) is 5.75 Å². The Morgan fingerprint density at radius 2 is 1.97 bits per heavy atom. The van der Waals surface area contributed by atoms with Crippen LogP contribution in [0.2, 0.25) is 5.02 Å². The Labute approximate surface area is 223 Å². The van der Waals surface area contributed by atoms with Crippen LogP contribution in [-0.2, 0) is 14.3 Å². The first-order chi connectivity index (χ1) is 17.9. The standard InChI is InChI=1S/C24H26ClFN4O7S/c1-13-9-15(37-38(2,34)35)11-30(13)22-18-21(19(25)20(27-22)16-5-3-4-6-17(16)26)36-12-14-10-28(24(32)33)7-8-29(14)23(18)31/h3-6,13-15H,7-12H2,1-2H3,(H,32,33)/t13?,14-,15?/m0/s1. The second-order valence-corrected chi connectivity index (χ2v) is 11.6. The highest BCUT2D eigenvalue weighted by molar-refractivity contribution is 7.86. The highest BCUT2D eigenvalue weighted by atomic mass is 35.5. The maximum atomic E-state index is 14.9. The van der Waals surface area contributed by atoms with Gasteiger partial charge in [-0.2, -0.15) is 8.42 Å². The Balaban J connectivity index is 1.64. The van der Waals surface area contributed by atoms with Crippen LogP contribution in [-0.4, -0.2) is 97.5 Å². The monoisotopic (exact) mass is 568 g/mol. The second-order valence-electron chi connectivity index (χ2n) is 9.63. The number of piperazine rings is 1. The summed E-state index contributed by atoms with van der Waals surface area (Å²) in [5.74, 6) is -0.830. The van der Waals surface area contributed by atoms with E-state index in [-0.39, 0.29) is 72.2 Å². The van der Waals surface area contributed by atoms with E-state index in [2.05, 4.69) is 4.98 Å². The molecule has 2 saturated heterocycles. The molecule has 0 spiro atoms. The van der Waals surface area contributed by atoms with Crippen LogP contribution in [0.3, 0.4) is 0 Å². The molecule has 3 aliphatic heterocycles. The molecule has 1 N–H and O–H groups in total. The molecule has 5 rings (SSSR count). The molecule has 38 heavy (non-hydrogen) atoms. The molecule has 4 heterocycles. The lowest BCUT2D eigenvalue weighted by atomic mass is 10.1. The average molecular weight is 569 g/mol. The van der Waals surface area contributed by atoms with Gasteiger partial charge in [0.2, 0.25) is 0 Å². The number of carbonyl (C=O) groups excluding carboxylic acids is 1. The Bertz CT molecular complexity index is 1410. The minimum absolute atomic E-state index is 0.0240. The van der Waals surface area contributed by atoms with Crippen molar-refractivity contribution in [3.63, 3.8) is 0 Å². The van der Waals surface area contributed by atoms with E-state index in [0.717, 1.165) is 6.26 Å². The molecular formula is C24H26ClFN4O7S. The zero-order chi connectivity index (χ0) is 27.4. The van der Waals surface area contributed by atoms with E-state index in [4.69, 9.17) is 20.5 Å². The number of carboxylic acid groups (broad SMARTS) is 1. The summed E-state index contributed by atoms with van der Waals surface area (Å²) in [6, 6.07) is 5.07. The average Bonchev–Trinajstić information content (AvgIpc) is 3.12. The van der Waals surface area contributed by atoms with Gasteiger partial charge in [0, 0.05) is 37.8 Å². The molecule has 2 aromatic rings. The molecule has 0 bridgehead atoms. The van der Waals surface area contributed by atoms with Crippen LogP contribution in [0.5, 0.6) is 5.75 Å². The number of anilines is 1. The van der Waals surface area contributed by atoms with Crippen molar-refractivity contribution in [1.82, 2.24) is 14.8 Å². The molecule has 204 valence electrons. The number of nitrogens with zero attached hydrogens (tertiary/aromatic N) is 4. The van der Waals surface area contributed by atoms with Crippen molar-refractivity contribution >= 4 is 39.5 Å². The number of hydrogen-bond acceptors (Lipinski definition) is 8. The summed E-state index contributed by atoms with van der Waals surface area (Å²) in [7, 11) is -3.73. The number of hydrogen-bond donors (Lipinski definition) is 1. The van der Waals surface area contributed by atoms with E-state index in [1.54, 1.807) is 15.9 Å². The minimum Gasteiger partial charge on any atom is -0.489 e. The lowest BCUT2D eigenvalue weighted by Gasteiger charge is -2.38. The summed E-state index contributed by atoms with van der Waals surface area (Å²) in [6.45, 7) is 2.24. The number of benzene rings is 1. The Kier molecular flexibility index (Phi) is 6.86. The van der Waals surface area contributed by atoms with Gasteiger partial charge in [0.05, 0.1) is 24.1 Å². The smallest absolute Gasteiger partial charge is 0.407 e. The molecular weight excluding hydrogens is 543 g/mol. The van der Waals surface area contributed by atoms with Gasteiger partial charge < -0.3 is 24.5 Å². The third-order valence-electron chi connectivity index (χ3n) is 6.97. The molecule has 3 atom stereocenters. The van der Waals surface area contributed by atoms with E-state index < -0.39 is 40.1 Å². The topological polar surface area (TPSA) is 130 Å². The number of pyridine rings is 1. The van der Waals surface area contributed by atoms with Crippen LogP contribution in [0.15, 0.2) is 24.3 Å². The largest absolute Gasteiger partial charge is 0.489 e. The number of carbonyl (C=O) groups is 2. The molecule has 1 aromatic carbocycles. The lowest BCUT2D eigenvalue weighted by Crippen LogP contribution is -2.57. The third-order valence-corrected chi connectivity index (χ3v) is 7.94. The summed E-state index contributed by atoms with van der Waals surface area (Å²) >= 11 is 6.73. The van der Waals surface area contributed by atoms with E-state index in [0.29, 0.717) is 6.42 Å². The molecule has 2 fully saturated rings. The van der Waals surface area contributed by atoms with Gasteiger partial charge in [-0.1, -0.05) is 23.7 Å². The fraction of sp³-hybridized carbons (Fsp3) is 0.458. The summed E-state index contributed by atoms with van der Waals surface area (Å²) in [4.78, 5) is 34.7. The normalized spacial score (nSPS) is 23.5. The van der Waals surface area contributed by atoms with Crippen LogP contribution in [0.4, 0.5) is 15.0 Å². The van der Waals surface area contributed by atoms with Gasteiger partial charge in [0.1, 0.15) is 28.8 Å². The molecule has 2 amide bonds. The van der Waals surface area contributed by atoms with Crippen LogP contribution >= 0.6 is 11.6 Å². The minimum atomic E-state index is -3.73. The molecule has 11 nitrogen and oxygen atoms in total. The predicted octanol–water partition coefficient (Wildman–Crippen LogP) is 2.68. The van der Waals surface area contributed by atoms with Gasteiger partial charge >= 0.3 is 6.09 Å². The summed E-state index contributed by atoms with van der Waals surface area (Å²) < 4.78 is 49.7. The number of rotatable bonds is 4. The van der Waals surface area contributed by atoms with Crippen LogP contribution in [0.1, 0.15) is 23.7 Å². The van der Waals surface area contributed by atoms with E-state index in [1.807, 2.05) is 6.92 Å². The Morgan fingerprint density at radius 3 is 2.66 bits per heavy atom. The van der Waals surface area contributed by atoms with Crippen LogP contribution < -0.4 is 9.64 Å². The quantitative estimate of drug-likeness (QED) is 0.553. The fourth-order valence-corrected chi connectivity index (χ4v) is 6.18. The molecule has 2 unspecified atom stereocenters. The summed E-state index contributed by atoms with van der Waals surface area (Å²) in [5.41, 5.74) is 0.235. The maximum absolute atomic E-state index is 14.9. The molecule has 3 aliphatic rings. The van der Waals surface area contributed by atoms with Crippen LogP contribution in [0, 0.1) is 5.82 Å². The van der Waals surface area contributed by atoms with Gasteiger partial charge in [-0.05, 0) is 25.5 Å². The predicted molar refractivity (Wildman–Crippen MR) is 136 cm³/mol. The Hall–Kier alpha value is -3.16. The SMILES string of the molecule is CC1CC(OS(C)(=O)=O)CN1c1nc(-c2ccccc2F)c(Cl)c2c1C(=O)N1CCN(C(=O)O)C[C@H]1CO2. The van der Waals surface area contributed by atoms with E-state index >= 15 is 0 Å². The van der Waals surface area contributed by atoms with Gasteiger partial charge in [-0.3, -0.25) is 8.98 Å². The molecule has 0 saturated carbocycles. The fourth-order valence-electron chi connectivity index (χ4n) is 5.25. The van der Waals surface area contributed by atoms with Crippen molar-refractivity contribution in [3.05, 3.63) is 40.7 Å². The Morgan fingerprint density at radius 1 is 1.24 bits per heavy atom. The van der Waals surface area contributed by atoms with E-state index in [1.165, 1.54) is 23.1 Å². The lowest BCUT2D eigenvalue weighted by molar-refractivity contribution is 0.0390. The number of halogens is 2. The number of fused-ring (bicyclic) bond motifs is 2. The summed E-state index contributed by atoms with van der Waals surface area (Å²) in [6.07, 6.45) is -0.462. The first-order valence-electron chi connectivity index (χ1n) is 12.0. The van der Waals surface area contributed by atoms with Crippen molar-refractivity contribution in [2.24, 2.45) is 0 Å². The first-order valence-corrected chi connectivity index (χ1v) is 14.2. The van der Waals surface area contributed by atoms with Crippen molar-refractivity contribution < 1.29 is 36.4 Å². The van der Waals surface area contributed by atoms with Crippen molar-refractivity contribution in [3.8, 4) is 17.0 Å². The van der Waals surface area contributed by atoms with Crippen LogP contribution in [0.25, 0.3) is 11.3 Å². The number of aromatic nitrogens is 1. The zero-order valence-corrected chi connectivity index (χ0v) is 22.2. The maximum Gasteiger partial charge on any atom is 0.407 e.